The van der Waals surface area contributed by atoms with Crippen molar-refractivity contribution < 1.29 is 9.84 Å². The van der Waals surface area contributed by atoms with Crippen LogP contribution in [0.4, 0.5) is 0 Å². The predicted octanol–water partition coefficient (Wildman–Crippen LogP) is 1.45. The Hall–Kier alpha value is -0.980. The minimum atomic E-state index is -0.394. The molecule has 0 bridgehead atoms. The van der Waals surface area contributed by atoms with Gasteiger partial charge in [0.25, 0.3) is 0 Å². The van der Waals surface area contributed by atoms with Crippen LogP contribution in [-0.2, 0) is 4.74 Å². The second kappa shape index (κ2) is 9.10. The van der Waals surface area contributed by atoms with Crippen molar-refractivity contribution >= 4 is 0 Å². The molecule has 1 aromatic rings. The molecular formula is C20H33N3O2. The zero-order valence-corrected chi connectivity index (χ0v) is 15.7. The molecule has 1 N–H and O–H groups in total. The molecule has 2 aliphatic rings. The zero-order valence-electron chi connectivity index (χ0n) is 15.7. The summed E-state index contributed by atoms with van der Waals surface area (Å²) in [6.45, 7) is 13.4. The average molecular weight is 348 g/mol. The van der Waals surface area contributed by atoms with Crippen LogP contribution in [0.15, 0.2) is 30.3 Å². The molecule has 1 aromatic carbocycles. The molecule has 5 heteroatoms. The number of hydrogen-bond acceptors (Lipinski definition) is 5. The lowest BCUT2D eigenvalue weighted by molar-refractivity contribution is -0.0573. The molecule has 2 fully saturated rings. The minimum Gasteiger partial charge on any atom is -0.387 e. The molecule has 2 unspecified atom stereocenters. The van der Waals surface area contributed by atoms with E-state index in [1.54, 1.807) is 0 Å². The van der Waals surface area contributed by atoms with E-state index in [0.29, 0.717) is 12.1 Å². The summed E-state index contributed by atoms with van der Waals surface area (Å²) < 4.78 is 5.97. The van der Waals surface area contributed by atoms with Gasteiger partial charge in [-0.25, -0.2) is 0 Å². The molecule has 140 valence electrons. The first-order valence-corrected chi connectivity index (χ1v) is 9.65. The van der Waals surface area contributed by atoms with E-state index < -0.39 is 6.10 Å². The number of aliphatic hydroxyl groups excluding tert-OH is 1. The van der Waals surface area contributed by atoms with Crippen LogP contribution >= 0.6 is 0 Å². The van der Waals surface area contributed by atoms with Gasteiger partial charge in [-0.1, -0.05) is 30.3 Å². The largest absolute Gasteiger partial charge is 0.387 e. The first-order chi connectivity index (χ1) is 12.1. The SMILES string of the molecule is CC(C)N1CCOC(CN2CCN(CC(O)c3ccccc3)CC2)C1. The Morgan fingerprint density at radius 3 is 2.40 bits per heavy atom. The van der Waals surface area contributed by atoms with Crippen LogP contribution in [-0.4, -0.2) is 90.9 Å². The monoisotopic (exact) mass is 347 g/mol. The summed E-state index contributed by atoms with van der Waals surface area (Å²) in [6.07, 6.45) is -0.0633. The highest BCUT2D eigenvalue weighted by atomic mass is 16.5. The molecule has 2 aliphatic heterocycles. The van der Waals surface area contributed by atoms with Crippen molar-refractivity contribution in [3.8, 4) is 0 Å². The smallest absolute Gasteiger partial charge is 0.0916 e. The molecule has 2 atom stereocenters. The maximum Gasteiger partial charge on any atom is 0.0916 e. The summed E-state index contributed by atoms with van der Waals surface area (Å²) in [5, 5.41) is 10.4. The zero-order chi connectivity index (χ0) is 17.6. The van der Waals surface area contributed by atoms with Crippen LogP contribution in [0.5, 0.6) is 0 Å². The first-order valence-electron chi connectivity index (χ1n) is 9.65. The van der Waals surface area contributed by atoms with Crippen molar-refractivity contribution in [3.05, 3.63) is 35.9 Å². The fourth-order valence-corrected chi connectivity index (χ4v) is 3.79. The highest BCUT2D eigenvalue weighted by molar-refractivity contribution is 5.17. The van der Waals surface area contributed by atoms with Gasteiger partial charge in [0.15, 0.2) is 0 Å². The first kappa shape index (κ1) is 18.8. The van der Waals surface area contributed by atoms with Gasteiger partial charge in [-0.05, 0) is 19.4 Å². The molecular weight excluding hydrogens is 314 g/mol. The third-order valence-electron chi connectivity index (χ3n) is 5.44. The van der Waals surface area contributed by atoms with Crippen molar-refractivity contribution in [2.24, 2.45) is 0 Å². The normalized spacial score (nSPS) is 25.4. The van der Waals surface area contributed by atoms with E-state index in [1.807, 2.05) is 30.3 Å². The van der Waals surface area contributed by atoms with Crippen molar-refractivity contribution in [1.82, 2.24) is 14.7 Å². The quantitative estimate of drug-likeness (QED) is 0.843. The number of piperazine rings is 1. The van der Waals surface area contributed by atoms with Crippen LogP contribution < -0.4 is 0 Å². The van der Waals surface area contributed by atoms with Crippen molar-refractivity contribution in [1.29, 1.82) is 0 Å². The number of β-amino-alcohol motifs (C(OH)–C–C–N with tert-alkyl or cyclic N) is 1. The molecule has 2 saturated heterocycles. The number of benzene rings is 1. The van der Waals surface area contributed by atoms with Crippen molar-refractivity contribution in [2.75, 3.05) is 59.0 Å². The van der Waals surface area contributed by atoms with Crippen molar-refractivity contribution in [3.63, 3.8) is 0 Å². The fourth-order valence-electron chi connectivity index (χ4n) is 3.79. The van der Waals surface area contributed by atoms with Gasteiger partial charge in [0.2, 0.25) is 0 Å². The van der Waals surface area contributed by atoms with Crippen LogP contribution in [0.3, 0.4) is 0 Å². The molecule has 2 heterocycles. The summed E-state index contributed by atoms with van der Waals surface area (Å²) in [6, 6.07) is 10.6. The Kier molecular flexibility index (Phi) is 6.84. The molecule has 25 heavy (non-hydrogen) atoms. The number of nitrogens with zero attached hydrogens (tertiary/aromatic N) is 3. The number of aliphatic hydroxyl groups is 1. The van der Waals surface area contributed by atoms with Crippen LogP contribution in [0, 0.1) is 0 Å². The van der Waals surface area contributed by atoms with Gasteiger partial charge >= 0.3 is 0 Å². The van der Waals surface area contributed by atoms with E-state index in [-0.39, 0.29) is 0 Å². The van der Waals surface area contributed by atoms with E-state index >= 15 is 0 Å². The lowest BCUT2D eigenvalue weighted by atomic mass is 10.1. The Bertz CT molecular complexity index is 503. The van der Waals surface area contributed by atoms with Crippen LogP contribution in [0.2, 0.25) is 0 Å². The van der Waals surface area contributed by atoms with Crippen LogP contribution in [0.25, 0.3) is 0 Å². The average Bonchev–Trinajstić information content (AvgIpc) is 2.64. The van der Waals surface area contributed by atoms with Gasteiger partial charge in [-0.3, -0.25) is 14.7 Å². The van der Waals surface area contributed by atoms with Crippen LogP contribution in [0.1, 0.15) is 25.5 Å². The third-order valence-corrected chi connectivity index (χ3v) is 5.44. The highest BCUT2D eigenvalue weighted by Crippen LogP contribution is 2.16. The van der Waals surface area contributed by atoms with Gasteiger partial charge in [0.1, 0.15) is 0 Å². The van der Waals surface area contributed by atoms with Gasteiger partial charge in [-0.2, -0.15) is 0 Å². The highest BCUT2D eigenvalue weighted by Gasteiger charge is 2.26. The Morgan fingerprint density at radius 2 is 1.72 bits per heavy atom. The predicted molar refractivity (Wildman–Crippen MR) is 101 cm³/mol. The fraction of sp³-hybridized carbons (Fsp3) is 0.700. The van der Waals surface area contributed by atoms with Gasteiger partial charge in [0.05, 0.1) is 18.8 Å². The van der Waals surface area contributed by atoms with E-state index in [2.05, 4.69) is 28.5 Å². The molecule has 0 aliphatic carbocycles. The Labute approximate surface area is 152 Å². The number of rotatable bonds is 6. The van der Waals surface area contributed by atoms with E-state index in [1.165, 1.54) is 0 Å². The maximum absolute atomic E-state index is 10.4. The molecule has 5 nitrogen and oxygen atoms in total. The maximum atomic E-state index is 10.4. The third kappa shape index (κ3) is 5.50. The number of hydrogen-bond donors (Lipinski definition) is 1. The summed E-state index contributed by atoms with van der Waals surface area (Å²) in [4.78, 5) is 7.40. The number of morpholine rings is 1. The minimum absolute atomic E-state index is 0.331. The molecule has 3 rings (SSSR count). The van der Waals surface area contributed by atoms with Gasteiger partial charge in [-0.15, -0.1) is 0 Å². The Balaban J connectivity index is 1.40. The standard InChI is InChI=1S/C20H33N3O2/c1-17(2)23-12-13-25-19(15-23)14-21-8-10-22(11-9-21)16-20(24)18-6-4-3-5-7-18/h3-7,17,19-20,24H,8-16H2,1-2H3. The topological polar surface area (TPSA) is 39.2 Å². The summed E-state index contributed by atoms with van der Waals surface area (Å²) >= 11 is 0. The van der Waals surface area contributed by atoms with Crippen molar-refractivity contribution in [2.45, 2.75) is 32.1 Å². The van der Waals surface area contributed by atoms with E-state index in [4.69, 9.17) is 4.74 Å². The molecule has 0 aromatic heterocycles. The Morgan fingerprint density at radius 1 is 1.04 bits per heavy atom. The second-order valence-electron chi connectivity index (χ2n) is 7.61. The van der Waals surface area contributed by atoms with E-state index in [9.17, 15) is 5.11 Å². The summed E-state index contributed by atoms with van der Waals surface area (Å²) in [5.74, 6) is 0. The van der Waals surface area contributed by atoms with E-state index in [0.717, 1.165) is 64.5 Å². The molecule has 0 radical (unpaired) electrons. The lowest BCUT2D eigenvalue weighted by Crippen LogP contribution is -2.53. The lowest BCUT2D eigenvalue weighted by Gasteiger charge is -2.40. The van der Waals surface area contributed by atoms with Gasteiger partial charge in [0, 0.05) is 58.4 Å². The van der Waals surface area contributed by atoms with Gasteiger partial charge < -0.3 is 9.84 Å². The molecule has 0 spiro atoms. The molecule has 0 saturated carbocycles. The number of ether oxygens (including phenoxy) is 1. The molecule has 0 amide bonds. The summed E-state index contributed by atoms with van der Waals surface area (Å²) in [5.41, 5.74) is 1.01. The second-order valence-corrected chi connectivity index (χ2v) is 7.61. The summed E-state index contributed by atoms with van der Waals surface area (Å²) in [7, 11) is 0.